The summed E-state index contributed by atoms with van der Waals surface area (Å²) in [5.74, 6) is -0.669. The van der Waals surface area contributed by atoms with Gasteiger partial charge in [0.25, 0.3) is 0 Å². The summed E-state index contributed by atoms with van der Waals surface area (Å²) in [6.45, 7) is 3.15. The first-order valence-corrected chi connectivity index (χ1v) is 5.41. The number of rotatable bonds is 4. The molecule has 0 spiro atoms. The van der Waals surface area contributed by atoms with Gasteiger partial charge in [-0.3, -0.25) is 0 Å². The Morgan fingerprint density at radius 3 is 2.76 bits per heavy atom. The second-order valence-corrected chi connectivity index (χ2v) is 3.87. The van der Waals surface area contributed by atoms with Crippen LogP contribution >= 0.6 is 11.6 Å². The van der Waals surface area contributed by atoms with Crippen molar-refractivity contribution in [2.75, 3.05) is 13.7 Å². The van der Waals surface area contributed by atoms with Crippen molar-refractivity contribution in [2.24, 2.45) is 0 Å². The zero-order chi connectivity index (χ0) is 13.1. The van der Waals surface area contributed by atoms with Gasteiger partial charge in [0.05, 0.1) is 19.3 Å². The Hall–Kier alpha value is -1.33. The second kappa shape index (κ2) is 5.33. The van der Waals surface area contributed by atoms with Crippen LogP contribution in [0.3, 0.4) is 0 Å². The molecule has 1 atom stereocenters. The van der Waals surface area contributed by atoms with E-state index in [4.69, 9.17) is 21.1 Å². The molecule has 1 aromatic heterocycles. The lowest BCUT2D eigenvalue weighted by Crippen LogP contribution is -2.34. The molecular formula is C11H14ClNO4. The molecular weight excluding hydrogens is 246 g/mol. The van der Waals surface area contributed by atoms with Crippen LogP contribution in [0.4, 0.5) is 0 Å². The predicted molar refractivity (Wildman–Crippen MR) is 62.0 cm³/mol. The largest absolute Gasteiger partial charge is 0.481 e. The van der Waals surface area contributed by atoms with Gasteiger partial charge in [-0.1, -0.05) is 11.6 Å². The topological polar surface area (TPSA) is 68.7 Å². The van der Waals surface area contributed by atoms with Crippen LogP contribution in [0.5, 0.6) is 5.88 Å². The Balaban J connectivity index is 3.18. The Morgan fingerprint density at radius 1 is 1.59 bits per heavy atom. The van der Waals surface area contributed by atoms with Gasteiger partial charge in [-0.05, 0) is 26.0 Å². The van der Waals surface area contributed by atoms with Crippen LogP contribution in [0, 0.1) is 0 Å². The van der Waals surface area contributed by atoms with Gasteiger partial charge in [-0.2, -0.15) is 0 Å². The first-order chi connectivity index (χ1) is 7.93. The smallest absolute Gasteiger partial charge is 0.342 e. The van der Waals surface area contributed by atoms with Crippen molar-refractivity contribution in [3.8, 4) is 5.88 Å². The molecule has 1 heterocycles. The average Bonchev–Trinajstić information content (AvgIpc) is 2.28. The van der Waals surface area contributed by atoms with Crippen LogP contribution in [0.1, 0.15) is 19.4 Å². The maximum absolute atomic E-state index is 11.6. The molecule has 0 radical (unpaired) electrons. The second-order valence-electron chi connectivity index (χ2n) is 3.48. The van der Waals surface area contributed by atoms with E-state index in [0.29, 0.717) is 0 Å². The van der Waals surface area contributed by atoms with E-state index in [-0.39, 0.29) is 23.2 Å². The number of esters is 1. The standard InChI is InChI=1S/C11H14ClNO4/c1-4-17-10(14)11(2,15)7-5-6-8(12)13-9(7)16-3/h5-6,15H,4H2,1-3H3/t11-/m1/s1. The third kappa shape index (κ3) is 2.87. The number of halogens is 1. The lowest BCUT2D eigenvalue weighted by Gasteiger charge is -2.22. The number of hydrogen-bond acceptors (Lipinski definition) is 5. The lowest BCUT2D eigenvalue weighted by atomic mass is 9.97. The highest BCUT2D eigenvalue weighted by molar-refractivity contribution is 6.29. The van der Waals surface area contributed by atoms with E-state index in [1.165, 1.54) is 26.2 Å². The summed E-state index contributed by atoms with van der Waals surface area (Å²) in [5.41, 5.74) is -1.61. The van der Waals surface area contributed by atoms with Crippen LogP contribution in [-0.2, 0) is 15.1 Å². The first-order valence-electron chi connectivity index (χ1n) is 5.04. The average molecular weight is 260 g/mol. The molecule has 5 nitrogen and oxygen atoms in total. The SMILES string of the molecule is CCOC(=O)[C@](C)(O)c1ccc(Cl)nc1OC. The van der Waals surface area contributed by atoms with E-state index in [1.807, 2.05) is 0 Å². The molecule has 1 rings (SSSR count). The summed E-state index contributed by atoms with van der Waals surface area (Å²) in [4.78, 5) is 15.5. The zero-order valence-corrected chi connectivity index (χ0v) is 10.6. The number of aromatic nitrogens is 1. The maximum Gasteiger partial charge on any atom is 0.342 e. The fraction of sp³-hybridized carbons (Fsp3) is 0.455. The van der Waals surface area contributed by atoms with E-state index >= 15 is 0 Å². The zero-order valence-electron chi connectivity index (χ0n) is 9.86. The minimum Gasteiger partial charge on any atom is -0.481 e. The van der Waals surface area contributed by atoms with E-state index in [2.05, 4.69) is 4.98 Å². The summed E-state index contributed by atoms with van der Waals surface area (Å²) in [7, 11) is 1.38. The van der Waals surface area contributed by atoms with Gasteiger partial charge < -0.3 is 14.6 Å². The number of methoxy groups -OCH3 is 1. The van der Waals surface area contributed by atoms with Crippen LogP contribution in [0.2, 0.25) is 5.15 Å². The highest BCUT2D eigenvalue weighted by atomic mass is 35.5. The van der Waals surface area contributed by atoms with Crippen molar-refractivity contribution in [1.82, 2.24) is 4.98 Å². The Morgan fingerprint density at radius 2 is 2.24 bits per heavy atom. The van der Waals surface area contributed by atoms with Gasteiger partial charge in [-0.25, -0.2) is 9.78 Å². The molecule has 0 unspecified atom stereocenters. The van der Waals surface area contributed by atoms with E-state index < -0.39 is 11.6 Å². The van der Waals surface area contributed by atoms with E-state index in [9.17, 15) is 9.90 Å². The van der Waals surface area contributed by atoms with Gasteiger partial charge >= 0.3 is 5.97 Å². The van der Waals surface area contributed by atoms with E-state index in [1.54, 1.807) is 6.92 Å². The van der Waals surface area contributed by atoms with Crippen LogP contribution in [-0.4, -0.2) is 29.8 Å². The quantitative estimate of drug-likeness (QED) is 0.656. The molecule has 0 bridgehead atoms. The number of ether oxygens (including phenoxy) is 2. The lowest BCUT2D eigenvalue weighted by molar-refractivity contribution is -0.164. The van der Waals surface area contributed by atoms with Crippen molar-refractivity contribution >= 4 is 17.6 Å². The first kappa shape index (κ1) is 13.7. The molecule has 0 fully saturated rings. The monoisotopic (exact) mass is 259 g/mol. The molecule has 0 saturated heterocycles. The molecule has 17 heavy (non-hydrogen) atoms. The van der Waals surface area contributed by atoms with E-state index in [0.717, 1.165) is 0 Å². The molecule has 6 heteroatoms. The summed E-state index contributed by atoms with van der Waals surface area (Å²) >= 11 is 5.70. The number of nitrogens with zero attached hydrogens (tertiary/aromatic N) is 1. The summed E-state index contributed by atoms with van der Waals surface area (Å²) < 4.78 is 9.76. The highest BCUT2D eigenvalue weighted by Gasteiger charge is 2.37. The van der Waals surface area contributed by atoms with Crippen molar-refractivity contribution < 1.29 is 19.4 Å². The normalized spacial score (nSPS) is 13.9. The molecule has 1 N–H and O–H groups in total. The third-order valence-electron chi connectivity index (χ3n) is 2.22. The molecule has 0 aliphatic carbocycles. The highest BCUT2D eigenvalue weighted by Crippen LogP contribution is 2.30. The minimum atomic E-state index is -1.82. The van der Waals surface area contributed by atoms with Gasteiger partial charge in [0.2, 0.25) is 5.88 Å². The molecule has 0 saturated carbocycles. The van der Waals surface area contributed by atoms with Gasteiger partial charge in [0.15, 0.2) is 5.60 Å². The molecule has 0 aliphatic rings. The Bertz CT molecular complexity index is 420. The van der Waals surface area contributed by atoms with Crippen molar-refractivity contribution in [1.29, 1.82) is 0 Å². The van der Waals surface area contributed by atoms with Crippen LogP contribution in [0.15, 0.2) is 12.1 Å². The van der Waals surface area contributed by atoms with Crippen molar-refractivity contribution in [2.45, 2.75) is 19.4 Å². The summed E-state index contributed by atoms with van der Waals surface area (Å²) in [6.07, 6.45) is 0. The third-order valence-corrected chi connectivity index (χ3v) is 2.43. The number of hydrogen-bond donors (Lipinski definition) is 1. The fourth-order valence-corrected chi connectivity index (χ4v) is 1.47. The minimum absolute atomic E-state index is 0.0931. The van der Waals surface area contributed by atoms with Gasteiger partial charge in [0.1, 0.15) is 5.15 Å². The number of carbonyl (C=O) groups excluding carboxylic acids is 1. The molecule has 0 aliphatic heterocycles. The van der Waals surface area contributed by atoms with Gasteiger partial charge in [-0.15, -0.1) is 0 Å². The summed E-state index contributed by atoms with van der Waals surface area (Å²) in [6, 6.07) is 2.94. The molecule has 94 valence electrons. The fourth-order valence-electron chi connectivity index (χ4n) is 1.33. The molecule has 1 aromatic rings. The summed E-state index contributed by atoms with van der Waals surface area (Å²) in [5, 5.41) is 10.4. The van der Waals surface area contributed by atoms with Crippen molar-refractivity contribution in [3.05, 3.63) is 22.8 Å². The molecule has 0 amide bonds. The van der Waals surface area contributed by atoms with Crippen LogP contribution in [0.25, 0.3) is 0 Å². The predicted octanol–water partition coefficient (Wildman–Crippen LogP) is 1.51. The van der Waals surface area contributed by atoms with Crippen molar-refractivity contribution in [3.63, 3.8) is 0 Å². The number of aliphatic hydroxyl groups is 1. The Labute approximate surface area is 104 Å². The molecule has 0 aromatic carbocycles. The van der Waals surface area contributed by atoms with Gasteiger partial charge in [0, 0.05) is 0 Å². The maximum atomic E-state index is 11.6. The van der Waals surface area contributed by atoms with Crippen LogP contribution < -0.4 is 4.74 Å². The Kier molecular flexibility index (Phi) is 4.31. The number of carbonyl (C=O) groups is 1. The number of pyridine rings is 1.